The fourth-order valence-electron chi connectivity index (χ4n) is 2.27. The molecule has 1 aromatic carbocycles. The van der Waals surface area contributed by atoms with Gasteiger partial charge in [-0.3, -0.25) is 4.79 Å². The number of ether oxygens (including phenoxy) is 2. The molecule has 0 aliphatic carbocycles. The molecule has 2 aromatic rings. The summed E-state index contributed by atoms with van der Waals surface area (Å²) in [5, 5.41) is 12.0. The quantitative estimate of drug-likeness (QED) is 0.610. The lowest BCUT2D eigenvalue weighted by atomic mass is 10.1. The monoisotopic (exact) mass is 356 g/mol. The third kappa shape index (κ3) is 5.10. The van der Waals surface area contributed by atoms with Gasteiger partial charge in [-0.25, -0.2) is 0 Å². The fourth-order valence-corrected chi connectivity index (χ4v) is 3.09. The Morgan fingerprint density at radius 2 is 2.00 bits per heavy atom. The van der Waals surface area contributed by atoms with Gasteiger partial charge in [-0.1, -0.05) is 6.07 Å². The summed E-state index contributed by atoms with van der Waals surface area (Å²) in [4.78, 5) is 14.2. The summed E-state index contributed by atoms with van der Waals surface area (Å²) in [5.74, 6) is 0.947. The van der Waals surface area contributed by atoms with Crippen molar-refractivity contribution < 1.29 is 14.3 Å². The molecule has 0 bridgehead atoms. The predicted molar refractivity (Wildman–Crippen MR) is 98.9 cm³/mol. The summed E-state index contributed by atoms with van der Waals surface area (Å²) in [7, 11) is 3.17. The van der Waals surface area contributed by atoms with Crippen LogP contribution in [-0.4, -0.2) is 26.7 Å². The molecular weight excluding hydrogens is 336 g/mol. The van der Waals surface area contributed by atoms with Gasteiger partial charge in [0.2, 0.25) is 0 Å². The standard InChI is InChI=1S/C19H20N2O3S/c1-13-4-6-16(25-13)11-15(12-20)19(22)21-9-8-14-5-7-17(23-2)18(10-14)24-3/h4-7,10-11H,8-9H2,1-3H3,(H,21,22)/b15-11+. The van der Waals surface area contributed by atoms with E-state index in [0.717, 1.165) is 15.3 Å². The molecule has 0 atom stereocenters. The number of methoxy groups -OCH3 is 2. The van der Waals surface area contributed by atoms with E-state index in [1.54, 1.807) is 31.6 Å². The van der Waals surface area contributed by atoms with Crippen molar-refractivity contribution in [2.24, 2.45) is 0 Å². The topological polar surface area (TPSA) is 71.3 Å². The first-order chi connectivity index (χ1) is 12.1. The fraction of sp³-hybridized carbons (Fsp3) is 0.263. The van der Waals surface area contributed by atoms with Crippen molar-refractivity contribution in [3.05, 3.63) is 51.2 Å². The molecule has 6 heteroatoms. The van der Waals surface area contributed by atoms with E-state index >= 15 is 0 Å². The van der Waals surface area contributed by atoms with Crippen LogP contribution in [0.3, 0.4) is 0 Å². The molecule has 1 heterocycles. The van der Waals surface area contributed by atoms with Crippen molar-refractivity contribution in [2.75, 3.05) is 20.8 Å². The minimum Gasteiger partial charge on any atom is -0.493 e. The molecule has 0 aliphatic rings. The normalized spacial score (nSPS) is 10.9. The largest absolute Gasteiger partial charge is 0.493 e. The Hall–Kier alpha value is -2.78. The third-order valence-corrected chi connectivity index (χ3v) is 4.51. The first-order valence-corrected chi connectivity index (χ1v) is 8.56. The SMILES string of the molecule is COc1ccc(CCNC(=O)/C(C#N)=C/c2ccc(C)s2)cc1OC. The predicted octanol–water partition coefficient (Wildman–Crippen LogP) is 3.34. The van der Waals surface area contributed by atoms with E-state index in [4.69, 9.17) is 9.47 Å². The van der Waals surface area contributed by atoms with E-state index in [9.17, 15) is 10.1 Å². The smallest absolute Gasteiger partial charge is 0.261 e. The van der Waals surface area contributed by atoms with Crippen LogP contribution in [0.1, 0.15) is 15.3 Å². The van der Waals surface area contributed by atoms with E-state index in [0.29, 0.717) is 24.5 Å². The third-order valence-electron chi connectivity index (χ3n) is 3.56. The van der Waals surface area contributed by atoms with Crippen LogP contribution >= 0.6 is 11.3 Å². The molecule has 0 spiro atoms. The van der Waals surface area contributed by atoms with Gasteiger partial charge < -0.3 is 14.8 Å². The summed E-state index contributed by atoms with van der Waals surface area (Å²) < 4.78 is 10.5. The van der Waals surface area contributed by atoms with E-state index in [-0.39, 0.29) is 11.5 Å². The zero-order chi connectivity index (χ0) is 18.2. The summed E-state index contributed by atoms with van der Waals surface area (Å²) in [6.45, 7) is 2.41. The number of thiophene rings is 1. The number of amides is 1. The molecule has 130 valence electrons. The zero-order valence-electron chi connectivity index (χ0n) is 14.5. The Balaban J connectivity index is 1.95. The molecule has 1 N–H and O–H groups in total. The Labute approximate surface area is 151 Å². The van der Waals surface area contributed by atoms with Gasteiger partial charge in [0.15, 0.2) is 11.5 Å². The van der Waals surface area contributed by atoms with Crippen molar-refractivity contribution in [1.29, 1.82) is 5.26 Å². The van der Waals surface area contributed by atoms with Gasteiger partial charge in [0.1, 0.15) is 11.6 Å². The van der Waals surface area contributed by atoms with Gasteiger partial charge in [0, 0.05) is 16.3 Å². The second-order valence-electron chi connectivity index (χ2n) is 5.31. The van der Waals surface area contributed by atoms with Crippen molar-refractivity contribution in [2.45, 2.75) is 13.3 Å². The first kappa shape index (κ1) is 18.6. The van der Waals surface area contributed by atoms with Crippen molar-refractivity contribution >= 4 is 23.3 Å². The minimum absolute atomic E-state index is 0.106. The van der Waals surface area contributed by atoms with Crippen LogP contribution in [0.2, 0.25) is 0 Å². The van der Waals surface area contributed by atoms with Gasteiger partial charge in [-0.2, -0.15) is 5.26 Å². The van der Waals surface area contributed by atoms with Crippen LogP contribution in [-0.2, 0) is 11.2 Å². The Morgan fingerprint density at radius 1 is 1.24 bits per heavy atom. The van der Waals surface area contributed by atoms with Crippen molar-refractivity contribution in [3.63, 3.8) is 0 Å². The van der Waals surface area contributed by atoms with Gasteiger partial charge in [-0.15, -0.1) is 11.3 Å². The first-order valence-electron chi connectivity index (χ1n) is 7.74. The van der Waals surface area contributed by atoms with Crippen LogP contribution in [0.5, 0.6) is 11.5 Å². The molecule has 25 heavy (non-hydrogen) atoms. The van der Waals surface area contributed by atoms with Crippen LogP contribution in [0, 0.1) is 18.3 Å². The molecule has 5 nitrogen and oxygen atoms in total. The average molecular weight is 356 g/mol. The molecule has 1 amide bonds. The highest BCUT2D eigenvalue weighted by Crippen LogP contribution is 2.27. The molecular formula is C19H20N2O3S. The van der Waals surface area contributed by atoms with Gasteiger partial charge in [0.25, 0.3) is 5.91 Å². The number of rotatable bonds is 7. The molecule has 2 rings (SSSR count). The number of benzene rings is 1. The lowest BCUT2D eigenvalue weighted by Gasteiger charge is -2.10. The van der Waals surface area contributed by atoms with Crippen LogP contribution in [0.25, 0.3) is 6.08 Å². The van der Waals surface area contributed by atoms with Crippen LogP contribution < -0.4 is 14.8 Å². The Kier molecular flexibility index (Phi) is 6.61. The highest BCUT2D eigenvalue weighted by Gasteiger charge is 2.10. The van der Waals surface area contributed by atoms with Gasteiger partial charge in [-0.05, 0) is 49.2 Å². The summed E-state index contributed by atoms with van der Waals surface area (Å²) in [6.07, 6.45) is 2.24. The van der Waals surface area contributed by atoms with Crippen molar-refractivity contribution in [3.8, 4) is 17.6 Å². The van der Waals surface area contributed by atoms with Crippen molar-refractivity contribution in [1.82, 2.24) is 5.32 Å². The number of carbonyl (C=O) groups excluding carboxylic acids is 1. The lowest BCUT2D eigenvalue weighted by molar-refractivity contribution is -0.117. The lowest BCUT2D eigenvalue weighted by Crippen LogP contribution is -2.26. The summed E-state index contributed by atoms with van der Waals surface area (Å²) in [5.41, 5.74) is 1.11. The molecule has 0 radical (unpaired) electrons. The summed E-state index contributed by atoms with van der Waals surface area (Å²) in [6, 6.07) is 11.4. The van der Waals surface area contributed by atoms with E-state index < -0.39 is 0 Å². The maximum absolute atomic E-state index is 12.2. The Bertz CT molecular complexity index is 818. The molecule has 0 saturated heterocycles. The number of hydrogen-bond donors (Lipinski definition) is 1. The molecule has 1 aromatic heterocycles. The van der Waals surface area contributed by atoms with Gasteiger partial charge >= 0.3 is 0 Å². The Morgan fingerprint density at radius 3 is 2.60 bits per heavy atom. The highest BCUT2D eigenvalue weighted by atomic mass is 32.1. The summed E-state index contributed by atoms with van der Waals surface area (Å²) >= 11 is 1.54. The molecule has 0 unspecified atom stereocenters. The number of nitrogens with one attached hydrogen (secondary N) is 1. The van der Waals surface area contributed by atoms with E-state index in [1.807, 2.05) is 43.3 Å². The number of hydrogen-bond acceptors (Lipinski definition) is 5. The van der Waals surface area contributed by atoms with E-state index in [1.165, 1.54) is 0 Å². The second kappa shape index (κ2) is 8.90. The maximum atomic E-state index is 12.2. The number of aryl methyl sites for hydroxylation is 1. The molecule has 0 saturated carbocycles. The highest BCUT2D eigenvalue weighted by molar-refractivity contribution is 7.12. The number of nitriles is 1. The maximum Gasteiger partial charge on any atom is 0.261 e. The van der Waals surface area contributed by atoms with Crippen LogP contribution in [0.4, 0.5) is 0 Å². The molecule has 0 aliphatic heterocycles. The number of carbonyl (C=O) groups is 1. The van der Waals surface area contributed by atoms with E-state index in [2.05, 4.69) is 5.32 Å². The average Bonchev–Trinajstić information content (AvgIpc) is 3.04. The van der Waals surface area contributed by atoms with Crippen LogP contribution in [0.15, 0.2) is 35.9 Å². The second-order valence-corrected chi connectivity index (χ2v) is 6.63. The van der Waals surface area contributed by atoms with Gasteiger partial charge in [0.05, 0.1) is 14.2 Å². The molecule has 0 fully saturated rings. The zero-order valence-corrected chi connectivity index (χ0v) is 15.3. The number of nitrogens with zero attached hydrogens (tertiary/aromatic N) is 1. The minimum atomic E-state index is -0.367.